The molecule has 1 fully saturated rings. The molecular formula is C24H29ClN4O2. The van der Waals surface area contributed by atoms with Gasteiger partial charge in [0.15, 0.2) is 0 Å². The van der Waals surface area contributed by atoms with Gasteiger partial charge in [-0.15, -0.1) is 0 Å². The smallest absolute Gasteiger partial charge is 0.373 e. The minimum absolute atomic E-state index is 0.197. The van der Waals surface area contributed by atoms with E-state index in [2.05, 4.69) is 46.5 Å². The predicted molar refractivity (Wildman–Crippen MR) is 122 cm³/mol. The molecule has 0 aromatic carbocycles. The van der Waals surface area contributed by atoms with Crippen LogP contribution in [0.5, 0.6) is 0 Å². The Morgan fingerprint density at radius 3 is 2.61 bits per heavy atom. The van der Waals surface area contributed by atoms with Crippen LogP contribution in [0.3, 0.4) is 0 Å². The van der Waals surface area contributed by atoms with Crippen LogP contribution in [0.25, 0.3) is 22.3 Å². The number of rotatable bonds is 6. The van der Waals surface area contributed by atoms with Gasteiger partial charge in [0, 0.05) is 30.7 Å². The second kappa shape index (κ2) is 8.95. The van der Waals surface area contributed by atoms with Crippen LogP contribution in [0.4, 0.5) is 0 Å². The van der Waals surface area contributed by atoms with E-state index < -0.39 is 5.97 Å². The lowest BCUT2D eigenvalue weighted by Crippen LogP contribution is -2.17. The van der Waals surface area contributed by atoms with E-state index in [0.717, 1.165) is 35.5 Å². The fraction of sp³-hybridized carbons (Fsp3) is 0.500. The van der Waals surface area contributed by atoms with Crippen molar-refractivity contribution in [1.82, 2.24) is 19.5 Å². The van der Waals surface area contributed by atoms with Crippen LogP contribution in [-0.2, 0) is 13.0 Å². The SMILES string of the molecule is CC(C)Cc1cn(CC2CCC(C)CC2)c2c(-c3cncc(Cl)c3)nc(C(=O)O)nc12. The van der Waals surface area contributed by atoms with Crippen molar-refractivity contribution in [2.24, 2.45) is 17.8 Å². The molecule has 164 valence electrons. The fourth-order valence-electron chi connectivity index (χ4n) is 4.63. The molecule has 3 aromatic heterocycles. The molecule has 6 nitrogen and oxygen atoms in total. The van der Waals surface area contributed by atoms with E-state index in [9.17, 15) is 9.90 Å². The number of aromatic nitrogens is 4. The molecule has 3 heterocycles. The highest BCUT2D eigenvalue weighted by atomic mass is 35.5. The van der Waals surface area contributed by atoms with Crippen LogP contribution in [0.15, 0.2) is 24.7 Å². The number of fused-ring (bicyclic) bond motifs is 1. The summed E-state index contributed by atoms with van der Waals surface area (Å²) in [6.45, 7) is 7.53. The molecule has 0 radical (unpaired) electrons. The Hall–Kier alpha value is -2.47. The Bertz CT molecular complexity index is 1100. The predicted octanol–water partition coefficient (Wildman–Crippen LogP) is 5.87. The molecule has 1 aliphatic rings. The van der Waals surface area contributed by atoms with E-state index >= 15 is 0 Å². The lowest BCUT2D eigenvalue weighted by molar-refractivity contribution is 0.0684. The third-order valence-electron chi connectivity index (χ3n) is 6.18. The molecule has 4 rings (SSSR count). The Balaban J connectivity index is 1.90. The number of carboxylic acid groups (broad SMARTS) is 1. The zero-order valence-electron chi connectivity index (χ0n) is 18.3. The highest BCUT2D eigenvalue weighted by Crippen LogP contribution is 2.35. The molecular weight excluding hydrogens is 412 g/mol. The van der Waals surface area contributed by atoms with E-state index in [0.29, 0.717) is 28.1 Å². The third kappa shape index (κ3) is 4.74. The number of hydrogen-bond acceptors (Lipinski definition) is 4. The molecule has 31 heavy (non-hydrogen) atoms. The lowest BCUT2D eigenvalue weighted by atomic mass is 9.83. The van der Waals surface area contributed by atoms with Gasteiger partial charge >= 0.3 is 5.97 Å². The molecule has 7 heteroatoms. The summed E-state index contributed by atoms with van der Waals surface area (Å²) in [5.74, 6) is 0.486. The summed E-state index contributed by atoms with van der Waals surface area (Å²) in [5.41, 5.74) is 3.95. The molecule has 0 atom stereocenters. The number of pyridine rings is 1. The molecule has 1 N–H and O–H groups in total. The molecule has 0 spiro atoms. The first kappa shape index (κ1) is 21.8. The van der Waals surface area contributed by atoms with Crippen LogP contribution in [0, 0.1) is 17.8 Å². The molecule has 1 saturated carbocycles. The maximum atomic E-state index is 11.8. The summed E-state index contributed by atoms with van der Waals surface area (Å²) in [6, 6.07) is 1.78. The van der Waals surface area contributed by atoms with Crippen LogP contribution >= 0.6 is 11.6 Å². The molecule has 1 aliphatic carbocycles. The lowest BCUT2D eigenvalue weighted by Gasteiger charge is -2.26. The minimum atomic E-state index is -1.14. The number of carboxylic acids is 1. The van der Waals surface area contributed by atoms with E-state index in [-0.39, 0.29) is 5.82 Å². The summed E-state index contributed by atoms with van der Waals surface area (Å²) in [5, 5.41) is 10.2. The van der Waals surface area contributed by atoms with E-state index in [1.807, 2.05) is 0 Å². The van der Waals surface area contributed by atoms with Crippen molar-refractivity contribution in [3.63, 3.8) is 0 Å². The van der Waals surface area contributed by atoms with Crippen LogP contribution in [0.2, 0.25) is 5.02 Å². The summed E-state index contributed by atoms with van der Waals surface area (Å²) in [6.07, 6.45) is 11.2. The monoisotopic (exact) mass is 440 g/mol. The van der Waals surface area contributed by atoms with Gasteiger partial charge in [-0.3, -0.25) is 4.98 Å². The number of carbonyl (C=O) groups is 1. The van der Waals surface area contributed by atoms with Crippen molar-refractivity contribution in [2.45, 2.75) is 59.4 Å². The van der Waals surface area contributed by atoms with Gasteiger partial charge in [-0.05, 0) is 48.6 Å². The van der Waals surface area contributed by atoms with Crippen LogP contribution in [0.1, 0.15) is 62.6 Å². The Morgan fingerprint density at radius 1 is 1.23 bits per heavy atom. The number of halogens is 1. The molecule has 0 amide bonds. The van der Waals surface area contributed by atoms with Crippen molar-refractivity contribution >= 4 is 28.6 Å². The molecule has 0 unspecified atom stereocenters. The van der Waals surface area contributed by atoms with Crippen molar-refractivity contribution in [1.29, 1.82) is 0 Å². The van der Waals surface area contributed by atoms with Crippen molar-refractivity contribution in [3.8, 4) is 11.3 Å². The number of aromatic carboxylic acids is 1. The van der Waals surface area contributed by atoms with Gasteiger partial charge in [0.2, 0.25) is 5.82 Å². The van der Waals surface area contributed by atoms with Crippen molar-refractivity contribution < 1.29 is 9.90 Å². The third-order valence-corrected chi connectivity index (χ3v) is 6.38. The van der Waals surface area contributed by atoms with E-state index in [4.69, 9.17) is 11.6 Å². The normalized spacial score (nSPS) is 19.3. The van der Waals surface area contributed by atoms with Gasteiger partial charge in [0.05, 0.1) is 16.1 Å². The van der Waals surface area contributed by atoms with Crippen molar-refractivity contribution in [3.05, 3.63) is 41.1 Å². The average Bonchev–Trinajstić information content (AvgIpc) is 3.05. The molecule has 0 saturated heterocycles. The maximum Gasteiger partial charge on any atom is 0.373 e. The molecule has 3 aromatic rings. The van der Waals surface area contributed by atoms with E-state index in [1.165, 1.54) is 25.7 Å². The second-order valence-corrected chi connectivity index (χ2v) is 9.76. The quantitative estimate of drug-likeness (QED) is 0.518. The molecule has 0 bridgehead atoms. The minimum Gasteiger partial charge on any atom is -0.475 e. The Labute approximate surface area is 187 Å². The Kier molecular flexibility index (Phi) is 6.28. The summed E-state index contributed by atoms with van der Waals surface area (Å²) >= 11 is 6.20. The first-order valence-corrected chi connectivity index (χ1v) is 11.4. The van der Waals surface area contributed by atoms with E-state index in [1.54, 1.807) is 18.5 Å². The van der Waals surface area contributed by atoms with Gasteiger partial charge in [0.1, 0.15) is 5.69 Å². The largest absolute Gasteiger partial charge is 0.475 e. The first-order valence-electron chi connectivity index (χ1n) is 11.1. The molecule has 0 aliphatic heterocycles. The summed E-state index contributed by atoms with van der Waals surface area (Å²) in [4.78, 5) is 24.9. The maximum absolute atomic E-state index is 11.8. The summed E-state index contributed by atoms with van der Waals surface area (Å²) in [7, 11) is 0. The topological polar surface area (TPSA) is 80.9 Å². The van der Waals surface area contributed by atoms with Crippen LogP contribution < -0.4 is 0 Å². The van der Waals surface area contributed by atoms with Crippen molar-refractivity contribution in [2.75, 3.05) is 0 Å². The Morgan fingerprint density at radius 2 is 1.97 bits per heavy atom. The second-order valence-electron chi connectivity index (χ2n) is 9.32. The highest BCUT2D eigenvalue weighted by Gasteiger charge is 2.24. The fourth-order valence-corrected chi connectivity index (χ4v) is 4.80. The first-order chi connectivity index (χ1) is 14.8. The van der Waals surface area contributed by atoms with Gasteiger partial charge < -0.3 is 9.67 Å². The zero-order chi connectivity index (χ0) is 22.1. The highest BCUT2D eigenvalue weighted by molar-refractivity contribution is 6.30. The van der Waals surface area contributed by atoms with Gasteiger partial charge in [-0.2, -0.15) is 0 Å². The zero-order valence-corrected chi connectivity index (χ0v) is 19.1. The number of hydrogen-bond donors (Lipinski definition) is 1. The van der Waals surface area contributed by atoms with Gasteiger partial charge in [-0.1, -0.05) is 45.2 Å². The average molecular weight is 441 g/mol. The van der Waals surface area contributed by atoms with Crippen LogP contribution in [-0.4, -0.2) is 30.6 Å². The van der Waals surface area contributed by atoms with Gasteiger partial charge in [-0.25, -0.2) is 14.8 Å². The van der Waals surface area contributed by atoms with Gasteiger partial charge in [0.25, 0.3) is 0 Å². The number of nitrogens with zero attached hydrogens (tertiary/aromatic N) is 4. The standard InChI is InChI=1S/C24H29ClN4O2/c1-14(2)8-18-13-29(12-16-6-4-15(3)5-7-16)22-20(17-9-19(25)11-26-10-17)27-23(24(30)31)28-21(18)22/h9-11,13-16H,4-8,12H2,1-3H3,(H,30,31). The summed E-state index contributed by atoms with van der Waals surface area (Å²) < 4.78 is 2.25.